The van der Waals surface area contributed by atoms with Crippen molar-refractivity contribution in [1.29, 1.82) is 0 Å². The maximum atomic E-state index is 11.7. The van der Waals surface area contributed by atoms with Gasteiger partial charge in [-0.3, -0.25) is 10.2 Å². The zero-order chi connectivity index (χ0) is 13.0. The minimum absolute atomic E-state index is 0.122. The SMILES string of the molecule is Cc1ccc(SC(C(=O)NN)C(C)C)cc1C. The van der Waals surface area contributed by atoms with Gasteiger partial charge < -0.3 is 0 Å². The molecule has 1 rings (SSSR count). The summed E-state index contributed by atoms with van der Waals surface area (Å²) in [6, 6.07) is 6.24. The van der Waals surface area contributed by atoms with Crippen molar-refractivity contribution in [2.45, 2.75) is 37.8 Å². The van der Waals surface area contributed by atoms with Crippen molar-refractivity contribution in [2.75, 3.05) is 0 Å². The number of benzene rings is 1. The number of rotatable bonds is 4. The van der Waals surface area contributed by atoms with Crippen LogP contribution < -0.4 is 11.3 Å². The van der Waals surface area contributed by atoms with E-state index < -0.39 is 0 Å². The van der Waals surface area contributed by atoms with E-state index in [0.29, 0.717) is 0 Å². The topological polar surface area (TPSA) is 55.1 Å². The van der Waals surface area contributed by atoms with Crippen molar-refractivity contribution < 1.29 is 4.79 Å². The maximum Gasteiger partial charge on any atom is 0.247 e. The molecule has 0 heterocycles. The summed E-state index contributed by atoms with van der Waals surface area (Å²) in [6.07, 6.45) is 0. The van der Waals surface area contributed by atoms with E-state index in [2.05, 4.69) is 31.4 Å². The quantitative estimate of drug-likeness (QED) is 0.374. The molecule has 1 unspecified atom stereocenters. The summed E-state index contributed by atoms with van der Waals surface area (Å²) in [5.41, 5.74) is 4.74. The van der Waals surface area contributed by atoms with E-state index in [-0.39, 0.29) is 17.1 Å². The molecular weight excluding hydrogens is 232 g/mol. The van der Waals surface area contributed by atoms with Gasteiger partial charge >= 0.3 is 0 Å². The molecule has 4 heteroatoms. The fourth-order valence-corrected chi connectivity index (χ4v) is 2.64. The van der Waals surface area contributed by atoms with Gasteiger partial charge in [0.2, 0.25) is 5.91 Å². The van der Waals surface area contributed by atoms with E-state index in [1.807, 2.05) is 19.9 Å². The highest BCUT2D eigenvalue weighted by Crippen LogP contribution is 2.29. The summed E-state index contributed by atoms with van der Waals surface area (Å²) in [7, 11) is 0. The fourth-order valence-electron chi connectivity index (χ4n) is 1.51. The first-order valence-corrected chi connectivity index (χ1v) is 6.58. The van der Waals surface area contributed by atoms with Gasteiger partial charge in [0.25, 0.3) is 0 Å². The number of hydrazine groups is 1. The number of hydrogen-bond acceptors (Lipinski definition) is 3. The second-order valence-corrected chi connectivity index (χ2v) is 5.75. The molecular formula is C13H20N2OS. The summed E-state index contributed by atoms with van der Waals surface area (Å²) < 4.78 is 0. The standard InChI is InChI=1S/C13H20N2OS/c1-8(2)12(13(16)15-14)17-11-6-5-9(3)10(4)7-11/h5-8,12H,14H2,1-4H3,(H,15,16). The summed E-state index contributed by atoms with van der Waals surface area (Å²) >= 11 is 1.56. The normalized spacial score (nSPS) is 12.6. The predicted octanol–water partition coefficient (Wildman–Crippen LogP) is 2.41. The molecule has 1 aromatic carbocycles. The number of thioether (sulfide) groups is 1. The molecule has 3 nitrogen and oxygen atoms in total. The minimum Gasteiger partial charge on any atom is -0.293 e. The zero-order valence-electron chi connectivity index (χ0n) is 10.8. The molecule has 94 valence electrons. The Kier molecular flexibility index (Phi) is 5.02. The molecule has 0 radical (unpaired) electrons. The van der Waals surface area contributed by atoms with Crippen LogP contribution in [0.4, 0.5) is 0 Å². The third kappa shape index (κ3) is 3.75. The van der Waals surface area contributed by atoms with Crippen LogP contribution >= 0.6 is 11.8 Å². The first-order valence-electron chi connectivity index (χ1n) is 5.70. The number of amides is 1. The van der Waals surface area contributed by atoms with E-state index in [1.54, 1.807) is 11.8 Å². The molecule has 0 fully saturated rings. The smallest absolute Gasteiger partial charge is 0.247 e. The van der Waals surface area contributed by atoms with Crippen molar-refractivity contribution in [3.8, 4) is 0 Å². The molecule has 0 aliphatic carbocycles. The lowest BCUT2D eigenvalue weighted by Gasteiger charge is -2.18. The molecule has 0 aliphatic rings. The highest BCUT2D eigenvalue weighted by atomic mass is 32.2. The Bertz CT molecular complexity index is 404. The minimum atomic E-state index is -0.151. The molecule has 3 N–H and O–H groups in total. The van der Waals surface area contributed by atoms with Gasteiger partial charge in [0.05, 0.1) is 5.25 Å². The summed E-state index contributed by atoms with van der Waals surface area (Å²) in [5, 5.41) is -0.151. The molecule has 0 saturated carbocycles. The number of carbonyl (C=O) groups excluding carboxylic acids is 1. The van der Waals surface area contributed by atoms with Crippen molar-refractivity contribution in [3.05, 3.63) is 29.3 Å². The van der Waals surface area contributed by atoms with Gasteiger partial charge in [-0.1, -0.05) is 19.9 Å². The summed E-state index contributed by atoms with van der Waals surface area (Å²) in [4.78, 5) is 12.8. The Morgan fingerprint density at radius 3 is 2.41 bits per heavy atom. The van der Waals surface area contributed by atoms with Crippen LogP contribution in [0.1, 0.15) is 25.0 Å². The van der Waals surface area contributed by atoms with Crippen LogP contribution in [0.3, 0.4) is 0 Å². The molecule has 0 aromatic heterocycles. The lowest BCUT2D eigenvalue weighted by Crippen LogP contribution is -2.39. The lowest BCUT2D eigenvalue weighted by atomic mass is 10.1. The molecule has 0 bridgehead atoms. The average molecular weight is 252 g/mol. The van der Waals surface area contributed by atoms with Crippen LogP contribution in [0.15, 0.2) is 23.1 Å². The molecule has 1 aromatic rings. The average Bonchev–Trinajstić information content (AvgIpc) is 2.29. The van der Waals surface area contributed by atoms with Crippen molar-refractivity contribution in [2.24, 2.45) is 11.8 Å². The molecule has 0 spiro atoms. The predicted molar refractivity (Wildman–Crippen MR) is 72.7 cm³/mol. The van der Waals surface area contributed by atoms with E-state index in [4.69, 9.17) is 5.84 Å². The largest absolute Gasteiger partial charge is 0.293 e. The van der Waals surface area contributed by atoms with Crippen LogP contribution in [-0.2, 0) is 4.79 Å². The van der Waals surface area contributed by atoms with Gasteiger partial charge in [0, 0.05) is 4.90 Å². The zero-order valence-corrected chi connectivity index (χ0v) is 11.6. The van der Waals surface area contributed by atoms with Crippen molar-refractivity contribution >= 4 is 17.7 Å². The molecule has 0 aliphatic heterocycles. The number of carbonyl (C=O) groups is 1. The highest BCUT2D eigenvalue weighted by Gasteiger charge is 2.22. The molecule has 1 atom stereocenters. The summed E-state index contributed by atoms with van der Waals surface area (Å²) in [6.45, 7) is 8.20. The van der Waals surface area contributed by atoms with Gasteiger partial charge in [-0.25, -0.2) is 5.84 Å². The monoisotopic (exact) mass is 252 g/mol. The van der Waals surface area contributed by atoms with Gasteiger partial charge in [0.15, 0.2) is 0 Å². The van der Waals surface area contributed by atoms with Crippen LogP contribution in [0, 0.1) is 19.8 Å². The Balaban J connectivity index is 2.86. The summed E-state index contributed by atoms with van der Waals surface area (Å²) in [5.74, 6) is 5.32. The second kappa shape index (κ2) is 6.07. The van der Waals surface area contributed by atoms with E-state index in [1.165, 1.54) is 11.1 Å². The molecule has 1 amide bonds. The Hall–Kier alpha value is -1.00. The Morgan fingerprint density at radius 2 is 1.94 bits per heavy atom. The maximum absolute atomic E-state index is 11.7. The van der Waals surface area contributed by atoms with Crippen molar-refractivity contribution in [1.82, 2.24) is 5.43 Å². The number of aryl methyl sites for hydroxylation is 2. The van der Waals surface area contributed by atoms with Crippen LogP contribution in [0.25, 0.3) is 0 Å². The Labute approximate surface area is 107 Å². The third-order valence-corrected chi connectivity index (χ3v) is 4.29. The van der Waals surface area contributed by atoms with Gasteiger partial charge in [-0.05, 0) is 43.0 Å². The first kappa shape index (κ1) is 14.1. The van der Waals surface area contributed by atoms with Gasteiger partial charge in [-0.2, -0.15) is 0 Å². The number of nitrogens with two attached hydrogens (primary N) is 1. The van der Waals surface area contributed by atoms with E-state index >= 15 is 0 Å². The molecule has 17 heavy (non-hydrogen) atoms. The van der Waals surface area contributed by atoms with Gasteiger partial charge in [-0.15, -0.1) is 11.8 Å². The molecule has 0 saturated heterocycles. The van der Waals surface area contributed by atoms with Crippen molar-refractivity contribution in [3.63, 3.8) is 0 Å². The lowest BCUT2D eigenvalue weighted by molar-refractivity contribution is -0.121. The first-order chi connectivity index (χ1) is 7.95. The van der Waals surface area contributed by atoms with Crippen LogP contribution in [-0.4, -0.2) is 11.2 Å². The second-order valence-electron chi connectivity index (χ2n) is 4.54. The van der Waals surface area contributed by atoms with E-state index in [0.717, 1.165) is 4.90 Å². The van der Waals surface area contributed by atoms with Crippen LogP contribution in [0.2, 0.25) is 0 Å². The van der Waals surface area contributed by atoms with E-state index in [9.17, 15) is 4.79 Å². The number of nitrogens with one attached hydrogen (secondary N) is 1. The number of hydrogen-bond donors (Lipinski definition) is 2. The van der Waals surface area contributed by atoms with Gasteiger partial charge in [0.1, 0.15) is 0 Å². The highest BCUT2D eigenvalue weighted by molar-refractivity contribution is 8.00. The Morgan fingerprint density at radius 1 is 1.29 bits per heavy atom. The fraction of sp³-hybridized carbons (Fsp3) is 0.462. The van der Waals surface area contributed by atoms with Crippen LogP contribution in [0.5, 0.6) is 0 Å². The third-order valence-electron chi connectivity index (χ3n) is 2.75.